The Morgan fingerprint density at radius 3 is 1.03 bits per heavy atom. The molecule has 0 saturated heterocycles. The molecule has 0 radical (unpaired) electrons. The molecule has 0 unspecified atom stereocenters. The summed E-state index contributed by atoms with van der Waals surface area (Å²) in [5.74, 6) is 0.635. The molecule has 0 spiro atoms. The van der Waals surface area contributed by atoms with Crippen molar-refractivity contribution in [3.8, 4) is 0 Å². The van der Waals surface area contributed by atoms with Gasteiger partial charge in [-0.2, -0.15) is 0 Å². The van der Waals surface area contributed by atoms with E-state index in [0.29, 0.717) is 25.1 Å². The number of hydrogen-bond donors (Lipinski definition) is 2. The van der Waals surface area contributed by atoms with Gasteiger partial charge in [-0.05, 0) is 0 Å². The molecule has 0 aliphatic rings. The van der Waals surface area contributed by atoms with Gasteiger partial charge in [-0.25, -0.2) is 0 Å². The Balaban J connectivity index is 3.61. The molecular formula is C34H73O3PS. The Bertz CT molecular complexity index is 454. The summed E-state index contributed by atoms with van der Waals surface area (Å²) in [6, 6.07) is 0. The van der Waals surface area contributed by atoms with Crippen LogP contribution in [0.5, 0.6) is 0 Å². The molecule has 0 amide bonds. The first-order valence-corrected chi connectivity index (χ1v) is 20.4. The van der Waals surface area contributed by atoms with Crippen molar-refractivity contribution in [3.63, 3.8) is 0 Å². The summed E-state index contributed by atoms with van der Waals surface area (Å²) in [5, 5.41) is 0. The molecule has 0 aliphatic carbocycles. The van der Waals surface area contributed by atoms with Crippen LogP contribution in [-0.4, -0.2) is 30.0 Å². The number of unbranched alkanes of at least 4 members (excludes halogenated alkanes) is 26. The zero-order valence-electron chi connectivity index (χ0n) is 26.8. The molecule has 0 aromatic rings. The summed E-state index contributed by atoms with van der Waals surface area (Å²) in [5.41, 5.74) is 0. The summed E-state index contributed by atoms with van der Waals surface area (Å²) in [6.45, 7) is 5.71. The first-order valence-electron chi connectivity index (χ1n) is 17.8. The first-order chi connectivity index (χ1) is 19.2. The quantitative estimate of drug-likeness (QED) is 0.0443. The van der Waals surface area contributed by atoms with E-state index in [1.54, 1.807) is 0 Å². The van der Waals surface area contributed by atoms with Crippen molar-refractivity contribution in [2.75, 3.05) is 25.1 Å². The molecule has 0 aromatic heterocycles. The zero-order chi connectivity index (χ0) is 28.5. The molecule has 0 aliphatic heterocycles. The van der Waals surface area contributed by atoms with Gasteiger partial charge in [0, 0.05) is 0 Å². The fourth-order valence-corrected chi connectivity index (χ4v) is 7.68. The van der Waals surface area contributed by atoms with E-state index in [4.69, 9.17) is 9.05 Å². The summed E-state index contributed by atoms with van der Waals surface area (Å²) in [6.07, 6.45) is 38.5. The van der Waals surface area contributed by atoms with Gasteiger partial charge in [-0.15, -0.1) is 0 Å². The van der Waals surface area contributed by atoms with Crippen LogP contribution in [0.15, 0.2) is 0 Å². The molecule has 0 atom stereocenters. The maximum atomic E-state index is 11.0. The molecule has 0 fully saturated rings. The fourth-order valence-electron chi connectivity index (χ4n) is 5.46. The van der Waals surface area contributed by atoms with Crippen molar-refractivity contribution in [2.45, 2.75) is 194 Å². The van der Waals surface area contributed by atoms with E-state index in [-0.39, 0.29) is 0 Å². The molecule has 39 heavy (non-hydrogen) atoms. The summed E-state index contributed by atoms with van der Waals surface area (Å²) in [4.78, 5) is 11.0. The van der Waals surface area contributed by atoms with Gasteiger partial charge < -0.3 is 0 Å². The van der Waals surface area contributed by atoms with Crippen molar-refractivity contribution in [1.82, 2.24) is 0 Å². The van der Waals surface area contributed by atoms with Gasteiger partial charge in [0.1, 0.15) is 0 Å². The van der Waals surface area contributed by atoms with E-state index in [1.165, 1.54) is 167 Å². The van der Waals surface area contributed by atoms with Gasteiger partial charge in [-0.3, -0.25) is 0 Å². The van der Waals surface area contributed by atoms with E-state index in [0.717, 1.165) is 12.8 Å². The van der Waals surface area contributed by atoms with Crippen molar-refractivity contribution in [2.24, 2.45) is 0 Å². The SMILES string of the molecule is CCCCCCCCCCCCCCCCO[PH](O)(CCCCCCCCCCCCCCCC)OCCS. The third kappa shape index (κ3) is 31.4. The van der Waals surface area contributed by atoms with Gasteiger partial charge >= 0.3 is 194 Å². The zero-order valence-corrected chi connectivity index (χ0v) is 28.7. The number of thiol groups is 1. The molecule has 3 nitrogen and oxygen atoms in total. The summed E-state index contributed by atoms with van der Waals surface area (Å²) < 4.78 is 11.8. The Morgan fingerprint density at radius 2 is 0.692 bits per heavy atom. The van der Waals surface area contributed by atoms with Gasteiger partial charge in [0.15, 0.2) is 0 Å². The van der Waals surface area contributed by atoms with Gasteiger partial charge in [0.25, 0.3) is 0 Å². The number of rotatable bonds is 34. The normalized spacial score (nSPS) is 12.4. The van der Waals surface area contributed by atoms with Crippen molar-refractivity contribution >= 4 is 20.6 Å². The molecule has 0 heterocycles. The molecule has 0 saturated carbocycles. The fraction of sp³-hybridized carbons (Fsp3) is 1.00. The Hall–Kier alpha value is 0.660. The van der Waals surface area contributed by atoms with E-state index in [9.17, 15) is 4.89 Å². The molecular weight excluding hydrogens is 519 g/mol. The van der Waals surface area contributed by atoms with E-state index >= 15 is 0 Å². The third-order valence-corrected chi connectivity index (χ3v) is 10.6. The average molecular weight is 593 g/mol. The van der Waals surface area contributed by atoms with Crippen LogP contribution in [-0.2, 0) is 9.05 Å². The van der Waals surface area contributed by atoms with E-state index < -0.39 is 7.94 Å². The second-order valence-electron chi connectivity index (χ2n) is 12.1. The van der Waals surface area contributed by atoms with E-state index in [2.05, 4.69) is 26.5 Å². The monoisotopic (exact) mass is 593 g/mol. The van der Waals surface area contributed by atoms with Gasteiger partial charge in [-0.1, -0.05) is 58.8 Å². The van der Waals surface area contributed by atoms with E-state index in [1.807, 2.05) is 0 Å². The van der Waals surface area contributed by atoms with Crippen LogP contribution >= 0.6 is 20.6 Å². The third-order valence-electron chi connectivity index (χ3n) is 8.09. The summed E-state index contributed by atoms with van der Waals surface area (Å²) in [7, 11) is -3.03. The van der Waals surface area contributed by atoms with Gasteiger partial charge in [0.2, 0.25) is 0 Å². The average Bonchev–Trinajstić information content (AvgIpc) is 2.94. The van der Waals surface area contributed by atoms with Crippen LogP contribution in [0.1, 0.15) is 194 Å². The number of hydrogen-bond acceptors (Lipinski definition) is 4. The van der Waals surface area contributed by atoms with Crippen molar-refractivity contribution in [3.05, 3.63) is 0 Å². The summed E-state index contributed by atoms with van der Waals surface area (Å²) >= 11 is 4.26. The molecule has 238 valence electrons. The van der Waals surface area contributed by atoms with Gasteiger partial charge in [0.05, 0.1) is 0 Å². The maximum absolute atomic E-state index is 11.0. The predicted molar refractivity (Wildman–Crippen MR) is 182 cm³/mol. The minimum atomic E-state index is -3.03. The first kappa shape index (κ1) is 39.7. The molecule has 1 N–H and O–H groups in total. The minimum absolute atomic E-state index is 0.489. The predicted octanol–water partition coefficient (Wildman–Crippen LogP) is 12.4. The van der Waals surface area contributed by atoms with Crippen LogP contribution in [0.25, 0.3) is 0 Å². The van der Waals surface area contributed by atoms with Crippen molar-refractivity contribution in [1.29, 1.82) is 0 Å². The van der Waals surface area contributed by atoms with Crippen LogP contribution in [0.2, 0.25) is 0 Å². The molecule has 0 bridgehead atoms. The topological polar surface area (TPSA) is 38.7 Å². The van der Waals surface area contributed by atoms with Crippen LogP contribution < -0.4 is 0 Å². The Labute approximate surface area is 252 Å². The Morgan fingerprint density at radius 1 is 0.410 bits per heavy atom. The Kier molecular flexibility index (Phi) is 33.7. The van der Waals surface area contributed by atoms with Crippen LogP contribution in [0.3, 0.4) is 0 Å². The standard InChI is InChI=1S/C34H73O3PS/c1-3-5-7-9-11-13-15-17-19-21-23-25-27-29-31-36-38(35,37-32-34-39)33-30-28-26-24-22-20-18-16-14-12-10-8-6-4-2/h35,38-39H,3-34H2,1-2H3. The second-order valence-corrected chi connectivity index (χ2v) is 15.0. The van der Waals surface area contributed by atoms with Crippen LogP contribution in [0, 0.1) is 0 Å². The molecule has 0 aromatic carbocycles. The molecule has 0 rings (SSSR count). The second kappa shape index (κ2) is 33.2. The van der Waals surface area contributed by atoms with Crippen LogP contribution in [0.4, 0.5) is 0 Å². The van der Waals surface area contributed by atoms with Crippen molar-refractivity contribution < 1.29 is 13.9 Å². The molecule has 5 heteroatoms.